The minimum Gasteiger partial charge on any atom is -0.393 e. The molecular weight excluding hydrogens is 230 g/mol. The number of hydrogen-bond donors (Lipinski definition) is 2. The first-order valence-electron chi connectivity index (χ1n) is 6.39. The molecule has 0 fully saturated rings. The Kier molecular flexibility index (Phi) is 5.63. The Bertz CT molecular complexity index is 306. The van der Waals surface area contributed by atoms with Gasteiger partial charge in [0.15, 0.2) is 0 Å². The molecule has 0 radical (unpaired) electrons. The summed E-state index contributed by atoms with van der Waals surface area (Å²) >= 11 is 1.81. The Hall–Kier alpha value is -0.380. The lowest BCUT2D eigenvalue weighted by molar-refractivity contribution is 0.126. The number of rotatable bonds is 7. The fourth-order valence-electron chi connectivity index (χ4n) is 2.21. The van der Waals surface area contributed by atoms with Crippen molar-refractivity contribution in [3.8, 4) is 0 Å². The Balaban J connectivity index is 2.48. The molecule has 3 heteroatoms. The van der Waals surface area contributed by atoms with Crippen LogP contribution >= 0.6 is 11.3 Å². The normalized spacial score (nSPS) is 15.8. The monoisotopic (exact) mass is 255 g/mol. The standard InChI is InChI=1S/C14H25NOS/c1-5-12(13-7-6-8-17-13)15-10-14(3,4)9-11(2)16/h6-8,11-12,15-16H,5,9-10H2,1-4H3. The van der Waals surface area contributed by atoms with E-state index >= 15 is 0 Å². The Morgan fingerprint density at radius 3 is 2.65 bits per heavy atom. The van der Waals surface area contributed by atoms with Gasteiger partial charge in [-0.25, -0.2) is 0 Å². The van der Waals surface area contributed by atoms with E-state index in [1.165, 1.54) is 4.88 Å². The predicted octanol–water partition coefficient (Wildman–Crippen LogP) is 3.59. The maximum absolute atomic E-state index is 9.47. The molecule has 0 aliphatic heterocycles. The van der Waals surface area contributed by atoms with E-state index in [4.69, 9.17) is 0 Å². The quantitative estimate of drug-likeness (QED) is 0.780. The second kappa shape index (κ2) is 6.53. The summed E-state index contributed by atoms with van der Waals surface area (Å²) in [5.41, 5.74) is 0.138. The van der Waals surface area contributed by atoms with Gasteiger partial charge in [-0.15, -0.1) is 11.3 Å². The molecular formula is C14H25NOS. The summed E-state index contributed by atoms with van der Waals surface area (Å²) in [6.07, 6.45) is 1.71. The van der Waals surface area contributed by atoms with Crippen LogP contribution in [-0.4, -0.2) is 17.8 Å². The minimum absolute atomic E-state index is 0.138. The SMILES string of the molecule is CCC(NCC(C)(C)CC(C)O)c1cccs1. The lowest BCUT2D eigenvalue weighted by Crippen LogP contribution is -2.34. The first-order chi connectivity index (χ1) is 7.94. The summed E-state index contributed by atoms with van der Waals surface area (Å²) in [6.45, 7) is 9.41. The van der Waals surface area contributed by atoms with Gasteiger partial charge < -0.3 is 10.4 Å². The number of hydrogen-bond acceptors (Lipinski definition) is 3. The van der Waals surface area contributed by atoms with Gasteiger partial charge >= 0.3 is 0 Å². The molecule has 0 saturated carbocycles. The first-order valence-corrected chi connectivity index (χ1v) is 7.27. The van der Waals surface area contributed by atoms with Crippen molar-refractivity contribution in [1.29, 1.82) is 0 Å². The van der Waals surface area contributed by atoms with Gasteiger partial charge in [0.2, 0.25) is 0 Å². The molecule has 98 valence electrons. The molecule has 1 aromatic heterocycles. The van der Waals surface area contributed by atoms with E-state index in [0.29, 0.717) is 6.04 Å². The minimum atomic E-state index is -0.228. The summed E-state index contributed by atoms with van der Waals surface area (Å²) in [7, 11) is 0. The third-order valence-electron chi connectivity index (χ3n) is 2.97. The first kappa shape index (κ1) is 14.7. The number of nitrogens with one attached hydrogen (secondary N) is 1. The zero-order valence-electron chi connectivity index (χ0n) is 11.4. The molecule has 0 amide bonds. The zero-order chi connectivity index (χ0) is 12.9. The van der Waals surface area contributed by atoms with E-state index in [1.54, 1.807) is 0 Å². The summed E-state index contributed by atoms with van der Waals surface area (Å²) in [5, 5.41) is 15.2. The van der Waals surface area contributed by atoms with Crippen LogP contribution < -0.4 is 5.32 Å². The highest BCUT2D eigenvalue weighted by atomic mass is 32.1. The molecule has 1 aromatic rings. The molecule has 2 atom stereocenters. The highest BCUT2D eigenvalue weighted by Crippen LogP contribution is 2.26. The fraction of sp³-hybridized carbons (Fsp3) is 0.714. The molecule has 0 aliphatic carbocycles. The Morgan fingerprint density at radius 1 is 1.47 bits per heavy atom. The predicted molar refractivity (Wildman–Crippen MR) is 75.4 cm³/mol. The number of aliphatic hydroxyl groups excluding tert-OH is 1. The lowest BCUT2D eigenvalue weighted by Gasteiger charge is -2.29. The second-order valence-corrected chi connectivity index (χ2v) is 6.55. The molecule has 0 saturated heterocycles. The molecule has 2 N–H and O–H groups in total. The summed E-state index contributed by atoms with van der Waals surface area (Å²) in [5.74, 6) is 0. The Morgan fingerprint density at radius 2 is 2.18 bits per heavy atom. The maximum atomic E-state index is 9.47. The average molecular weight is 255 g/mol. The van der Waals surface area contributed by atoms with Crippen LogP contribution in [-0.2, 0) is 0 Å². The van der Waals surface area contributed by atoms with E-state index in [1.807, 2.05) is 18.3 Å². The number of thiophene rings is 1. The van der Waals surface area contributed by atoms with Crippen LogP contribution in [0.25, 0.3) is 0 Å². The molecule has 2 nitrogen and oxygen atoms in total. The highest BCUT2D eigenvalue weighted by molar-refractivity contribution is 7.10. The van der Waals surface area contributed by atoms with Crippen molar-refractivity contribution >= 4 is 11.3 Å². The fourth-order valence-corrected chi connectivity index (χ4v) is 3.09. The average Bonchev–Trinajstić information content (AvgIpc) is 2.69. The smallest absolute Gasteiger partial charge is 0.0517 e. The summed E-state index contributed by atoms with van der Waals surface area (Å²) in [6, 6.07) is 4.74. The van der Waals surface area contributed by atoms with Crippen molar-refractivity contribution in [3.63, 3.8) is 0 Å². The molecule has 1 heterocycles. The largest absolute Gasteiger partial charge is 0.393 e. The molecule has 2 unspecified atom stereocenters. The number of aliphatic hydroxyl groups is 1. The topological polar surface area (TPSA) is 32.3 Å². The molecule has 17 heavy (non-hydrogen) atoms. The van der Waals surface area contributed by atoms with Gasteiger partial charge in [-0.05, 0) is 36.6 Å². The zero-order valence-corrected chi connectivity index (χ0v) is 12.2. The summed E-state index contributed by atoms with van der Waals surface area (Å²) < 4.78 is 0. The Labute approximate surface area is 109 Å². The third-order valence-corrected chi connectivity index (χ3v) is 3.96. The van der Waals surface area contributed by atoms with Gasteiger partial charge in [-0.1, -0.05) is 26.8 Å². The van der Waals surface area contributed by atoms with Gasteiger partial charge in [0.1, 0.15) is 0 Å². The van der Waals surface area contributed by atoms with E-state index in [0.717, 1.165) is 19.4 Å². The third kappa shape index (κ3) is 5.19. The van der Waals surface area contributed by atoms with Gasteiger partial charge in [0.05, 0.1) is 6.10 Å². The van der Waals surface area contributed by atoms with Crippen molar-refractivity contribution < 1.29 is 5.11 Å². The second-order valence-electron chi connectivity index (χ2n) is 5.57. The van der Waals surface area contributed by atoms with E-state index in [9.17, 15) is 5.11 Å². The molecule has 1 rings (SSSR count). The summed E-state index contributed by atoms with van der Waals surface area (Å²) in [4.78, 5) is 1.40. The van der Waals surface area contributed by atoms with Crippen molar-refractivity contribution in [2.45, 2.75) is 52.7 Å². The van der Waals surface area contributed by atoms with Gasteiger partial charge in [-0.3, -0.25) is 0 Å². The van der Waals surface area contributed by atoms with E-state index < -0.39 is 0 Å². The molecule has 0 bridgehead atoms. The van der Waals surface area contributed by atoms with Crippen LogP contribution in [0, 0.1) is 5.41 Å². The highest BCUT2D eigenvalue weighted by Gasteiger charge is 2.21. The van der Waals surface area contributed by atoms with Crippen molar-refractivity contribution in [2.24, 2.45) is 5.41 Å². The van der Waals surface area contributed by atoms with E-state index in [2.05, 4.69) is 43.6 Å². The van der Waals surface area contributed by atoms with Crippen molar-refractivity contribution in [2.75, 3.05) is 6.54 Å². The molecule has 0 spiro atoms. The van der Waals surface area contributed by atoms with Crippen LogP contribution in [0.5, 0.6) is 0 Å². The van der Waals surface area contributed by atoms with Gasteiger partial charge in [0, 0.05) is 17.5 Å². The van der Waals surface area contributed by atoms with Gasteiger partial charge in [0.25, 0.3) is 0 Å². The van der Waals surface area contributed by atoms with Crippen LogP contribution in [0.2, 0.25) is 0 Å². The maximum Gasteiger partial charge on any atom is 0.0517 e. The molecule has 0 aliphatic rings. The van der Waals surface area contributed by atoms with Crippen LogP contribution in [0.4, 0.5) is 0 Å². The lowest BCUT2D eigenvalue weighted by atomic mass is 9.86. The van der Waals surface area contributed by atoms with Crippen molar-refractivity contribution in [3.05, 3.63) is 22.4 Å². The van der Waals surface area contributed by atoms with Crippen molar-refractivity contribution in [1.82, 2.24) is 5.32 Å². The van der Waals surface area contributed by atoms with E-state index in [-0.39, 0.29) is 11.5 Å². The van der Waals surface area contributed by atoms with Crippen LogP contribution in [0.15, 0.2) is 17.5 Å². The van der Waals surface area contributed by atoms with Crippen LogP contribution in [0.1, 0.15) is 51.5 Å². The molecule has 0 aromatic carbocycles. The van der Waals surface area contributed by atoms with Crippen LogP contribution in [0.3, 0.4) is 0 Å². The van der Waals surface area contributed by atoms with Gasteiger partial charge in [-0.2, -0.15) is 0 Å².